The van der Waals surface area contributed by atoms with Crippen LogP contribution >= 0.6 is 11.3 Å². The van der Waals surface area contributed by atoms with E-state index in [9.17, 15) is 0 Å². The summed E-state index contributed by atoms with van der Waals surface area (Å²) < 4.78 is 5.20. The summed E-state index contributed by atoms with van der Waals surface area (Å²) in [6.45, 7) is 8.57. The average Bonchev–Trinajstić information content (AvgIpc) is 2.90. The molecule has 1 heterocycles. The van der Waals surface area contributed by atoms with Crippen LogP contribution in [0.5, 0.6) is 5.75 Å². The number of rotatable bonds is 7. The minimum absolute atomic E-state index is 0.670. The topological polar surface area (TPSA) is 34.1 Å². The lowest BCUT2D eigenvalue weighted by molar-refractivity contribution is 0.415. The third-order valence-electron chi connectivity index (χ3n) is 3.29. The maximum Gasteiger partial charge on any atom is 0.123 e. The molecule has 0 aliphatic carbocycles. The first-order valence-electron chi connectivity index (χ1n) is 7.47. The van der Waals surface area contributed by atoms with Gasteiger partial charge in [-0.05, 0) is 43.1 Å². The summed E-state index contributed by atoms with van der Waals surface area (Å²) >= 11 is 1.79. The van der Waals surface area contributed by atoms with Crippen molar-refractivity contribution in [3.05, 3.63) is 34.8 Å². The van der Waals surface area contributed by atoms with Crippen LogP contribution in [0.15, 0.2) is 24.3 Å². The molecule has 21 heavy (non-hydrogen) atoms. The van der Waals surface area contributed by atoms with Crippen molar-refractivity contribution in [2.45, 2.75) is 33.7 Å². The summed E-state index contributed by atoms with van der Waals surface area (Å²) in [7, 11) is 1.69. The SMILES string of the molecule is CCc1nc(-c2ccc(OC)cc2)sc1CNCC(C)C. The molecular formula is C17H24N2OS. The number of methoxy groups -OCH3 is 1. The van der Waals surface area contributed by atoms with Gasteiger partial charge in [-0.3, -0.25) is 0 Å². The van der Waals surface area contributed by atoms with Crippen LogP contribution in [0.1, 0.15) is 31.3 Å². The van der Waals surface area contributed by atoms with Crippen molar-refractivity contribution in [1.82, 2.24) is 10.3 Å². The molecule has 3 nitrogen and oxygen atoms in total. The second kappa shape index (κ2) is 7.57. The summed E-state index contributed by atoms with van der Waals surface area (Å²) in [5.41, 5.74) is 2.37. The fourth-order valence-corrected chi connectivity index (χ4v) is 3.25. The van der Waals surface area contributed by atoms with Gasteiger partial charge in [0.25, 0.3) is 0 Å². The monoisotopic (exact) mass is 304 g/mol. The van der Waals surface area contributed by atoms with E-state index in [1.165, 1.54) is 10.6 Å². The largest absolute Gasteiger partial charge is 0.497 e. The summed E-state index contributed by atoms with van der Waals surface area (Å²) in [6, 6.07) is 8.11. The lowest BCUT2D eigenvalue weighted by Crippen LogP contribution is -2.18. The lowest BCUT2D eigenvalue weighted by Gasteiger charge is -2.06. The Labute approximate surface area is 131 Å². The third-order valence-corrected chi connectivity index (χ3v) is 4.43. The van der Waals surface area contributed by atoms with Crippen molar-refractivity contribution in [1.29, 1.82) is 0 Å². The van der Waals surface area contributed by atoms with Crippen molar-refractivity contribution in [2.24, 2.45) is 5.92 Å². The number of aryl methyl sites for hydroxylation is 1. The molecule has 0 amide bonds. The van der Waals surface area contributed by atoms with E-state index in [1.807, 2.05) is 12.1 Å². The molecule has 1 aromatic carbocycles. The molecule has 0 radical (unpaired) electrons. The van der Waals surface area contributed by atoms with Crippen LogP contribution in [0.4, 0.5) is 0 Å². The Bertz CT molecular complexity index is 561. The molecule has 2 rings (SSSR count). The third kappa shape index (κ3) is 4.29. The molecule has 0 spiro atoms. The number of ether oxygens (including phenoxy) is 1. The number of hydrogen-bond donors (Lipinski definition) is 1. The van der Waals surface area contributed by atoms with Gasteiger partial charge in [-0.1, -0.05) is 20.8 Å². The average molecular weight is 304 g/mol. The van der Waals surface area contributed by atoms with Crippen molar-refractivity contribution >= 4 is 11.3 Å². The molecule has 0 aliphatic heterocycles. The standard InChI is InChI=1S/C17H24N2OS/c1-5-15-16(11-18-10-12(2)3)21-17(19-15)13-6-8-14(20-4)9-7-13/h6-9,12,18H,5,10-11H2,1-4H3. The first-order chi connectivity index (χ1) is 10.1. The van der Waals surface area contributed by atoms with Crippen LogP contribution in [0.3, 0.4) is 0 Å². The van der Waals surface area contributed by atoms with Gasteiger partial charge in [-0.25, -0.2) is 4.98 Å². The summed E-state index contributed by atoms with van der Waals surface area (Å²) in [5.74, 6) is 1.55. The fourth-order valence-electron chi connectivity index (χ4n) is 2.13. The van der Waals surface area contributed by atoms with E-state index in [0.717, 1.165) is 35.8 Å². The van der Waals surface area contributed by atoms with E-state index in [4.69, 9.17) is 9.72 Å². The first kappa shape index (κ1) is 16.0. The molecule has 2 aromatic rings. The highest BCUT2D eigenvalue weighted by Gasteiger charge is 2.11. The number of hydrogen-bond acceptors (Lipinski definition) is 4. The Kier molecular flexibility index (Phi) is 5.76. The molecule has 0 aliphatic rings. The highest BCUT2D eigenvalue weighted by molar-refractivity contribution is 7.15. The van der Waals surface area contributed by atoms with E-state index in [-0.39, 0.29) is 0 Å². The minimum atomic E-state index is 0.670. The van der Waals surface area contributed by atoms with Crippen LogP contribution in [0.25, 0.3) is 10.6 Å². The Morgan fingerprint density at radius 3 is 2.52 bits per heavy atom. The van der Waals surface area contributed by atoms with Gasteiger partial charge in [0.2, 0.25) is 0 Å². The predicted octanol–water partition coefficient (Wildman–Crippen LogP) is 4.13. The van der Waals surface area contributed by atoms with Gasteiger partial charge in [-0.15, -0.1) is 11.3 Å². The van der Waals surface area contributed by atoms with Crippen LogP contribution in [-0.2, 0) is 13.0 Å². The van der Waals surface area contributed by atoms with Gasteiger partial charge in [0, 0.05) is 17.0 Å². The Hall–Kier alpha value is -1.39. The summed E-state index contributed by atoms with van der Waals surface area (Å²) in [5, 5.41) is 4.60. The zero-order valence-corrected chi connectivity index (χ0v) is 14.1. The second-order valence-corrected chi connectivity index (χ2v) is 6.58. The molecule has 1 N–H and O–H groups in total. The van der Waals surface area contributed by atoms with Crippen molar-refractivity contribution < 1.29 is 4.74 Å². The minimum Gasteiger partial charge on any atom is -0.497 e. The van der Waals surface area contributed by atoms with Gasteiger partial charge in [-0.2, -0.15) is 0 Å². The second-order valence-electron chi connectivity index (χ2n) is 5.50. The van der Waals surface area contributed by atoms with Gasteiger partial charge >= 0.3 is 0 Å². The van der Waals surface area contributed by atoms with Crippen molar-refractivity contribution in [3.63, 3.8) is 0 Å². The summed E-state index contributed by atoms with van der Waals surface area (Å²) in [4.78, 5) is 6.14. The normalized spacial score (nSPS) is 11.1. The molecule has 1 aromatic heterocycles. The van der Waals surface area contributed by atoms with Crippen molar-refractivity contribution in [3.8, 4) is 16.3 Å². The molecule has 0 atom stereocenters. The van der Waals surface area contributed by atoms with Gasteiger partial charge < -0.3 is 10.1 Å². The molecule has 0 bridgehead atoms. The smallest absolute Gasteiger partial charge is 0.123 e. The highest BCUT2D eigenvalue weighted by Crippen LogP contribution is 2.29. The van der Waals surface area contributed by atoms with E-state index in [1.54, 1.807) is 18.4 Å². The van der Waals surface area contributed by atoms with Gasteiger partial charge in [0.05, 0.1) is 12.8 Å². The highest BCUT2D eigenvalue weighted by atomic mass is 32.1. The molecule has 0 unspecified atom stereocenters. The number of nitrogens with one attached hydrogen (secondary N) is 1. The zero-order valence-electron chi connectivity index (χ0n) is 13.3. The van der Waals surface area contributed by atoms with Crippen LogP contribution in [-0.4, -0.2) is 18.6 Å². The molecular weight excluding hydrogens is 280 g/mol. The lowest BCUT2D eigenvalue weighted by atomic mass is 10.2. The van der Waals surface area contributed by atoms with Crippen molar-refractivity contribution in [2.75, 3.05) is 13.7 Å². The Morgan fingerprint density at radius 1 is 1.24 bits per heavy atom. The molecule has 0 saturated heterocycles. The quantitative estimate of drug-likeness (QED) is 0.835. The number of nitrogens with zero attached hydrogens (tertiary/aromatic N) is 1. The predicted molar refractivity (Wildman–Crippen MR) is 90.0 cm³/mol. The van der Waals surface area contributed by atoms with E-state index >= 15 is 0 Å². The zero-order chi connectivity index (χ0) is 15.2. The molecule has 0 saturated carbocycles. The van der Waals surface area contributed by atoms with Crippen LogP contribution in [0.2, 0.25) is 0 Å². The molecule has 4 heteroatoms. The number of aromatic nitrogens is 1. The van der Waals surface area contributed by atoms with E-state index in [0.29, 0.717) is 5.92 Å². The molecule has 0 fully saturated rings. The van der Waals surface area contributed by atoms with E-state index in [2.05, 4.69) is 38.2 Å². The van der Waals surface area contributed by atoms with Gasteiger partial charge in [0.1, 0.15) is 10.8 Å². The summed E-state index contributed by atoms with van der Waals surface area (Å²) in [6.07, 6.45) is 0.978. The Balaban J connectivity index is 2.14. The van der Waals surface area contributed by atoms with Gasteiger partial charge in [0.15, 0.2) is 0 Å². The van der Waals surface area contributed by atoms with Crippen LogP contribution in [0, 0.1) is 5.92 Å². The Morgan fingerprint density at radius 2 is 1.95 bits per heavy atom. The van der Waals surface area contributed by atoms with E-state index < -0.39 is 0 Å². The number of thiazole rings is 1. The first-order valence-corrected chi connectivity index (χ1v) is 8.29. The van der Waals surface area contributed by atoms with Crippen LogP contribution < -0.4 is 10.1 Å². The fraction of sp³-hybridized carbons (Fsp3) is 0.471. The number of benzene rings is 1. The maximum atomic E-state index is 5.20. The molecule has 114 valence electrons. The maximum absolute atomic E-state index is 5.20.